The summed E-state index contributed by atoms with van der Waals surface area (Å²) in [5, 5.41) is 4.46. The molecule has 1 aromatic rings. The molecule has 0 radical (unpaired) electrons. The van der Waals surface area contributed by atoms with E-state index < -0.39 is 0 Å². The predicted molar refractivity (Wildman–Crippen MR) is 80.2 cm³/mol. The molecule has 0 spiro atoms. The molecule has 18 heavy (non-hydrogen) atoms. The molecule has 0 saturated heterocycles. The Morgan fingerprint density at radius 3 is 2.44 bits per heavy atom. The van der Waals surface area contributed by atoms with E-state index in [0.29, 0.717) is 12.0 Å². The molecule has 0 saturated carbocycles. The summed E-state index contributed by atoms with van der Waals surface area (Å²) in [6.07, 6.45) is 0. The van der Waals surface area contributed by atoms with Crippen LogP contribution in [0.2, 0.25) is 5.02 Å². The second-order valence-corrected chi connectivity index (χ2v) is 6.00. The van der Waals surface area contributed by atoms with Crippen molar-refractivity contribution in [2.75, 3.05) is 20.6 Å². The van der Waals surface area contributed by atoms with Gasteiger partial charge in [0.05, 0.1) is 0 Å². The molecule has 1 rings (SSSR count). The van der Waals surface area contributed by atoms with Crippen molar-refractivity contribution in [3.63, 3.8) is 0 Å². The van der Waals surface area contributed by atoms with E-state index in [0.717, 1.165) is 18.1 Å². The Kier molecular flexibility index (Phi) is 6.13. The van der Waals surface area contributed by atoms with Crippen molar-refractivity contribution >= 4 is 11.6 Å². The maximum absolute atomic E-state index is 6.25. The van der Waals surface area contributed by atoms with Gasteiger partial charge in [-0.1, -0.05) is 37.6 Å². The lowest BCUT2D eigenvalue weighted by atomic mass is 10.0. The highest BCUT2D eigenvalue weighted by molar-refractivity contribution is 6.31. The maximum Gasteiger partial charge on any atom is 0.0453 e. The summed E-state index contributed by atoms with van der Waals surface area (Å²) in [4.78, 5) is 2.22. The van der Waals surface area contributed by atoms with E-state index in [1.165, 1.54) is 11.1 Å². The van der Waals surface area contributed by atoms with Gasteiger partial charge in [0.1, 0.15) is 0 Å². The van der Waals surface area contributed by atoms with E-state index >= 15 is 0 Å². The molecule has 1 unspecified atom stereocenters. The number of rotatable bonds is 6. The van der Waals surface area contributed by atoms with Gasteiger partial charge in [0.25, 0.3) is 0 Å². The van der Waals surface area contributed by atoms with Gasteiger partial charge in [-0.05, 0) is 44.1 Å². The maximum atomic E-state index is 6.25. The van der Waals surface area contributed by atoms with E-state index in [-0.39, 0.29) is 0 Å². The molecule has 2 nitrogen and oxygen atoms in total. The number of hydrogen-bond donors (Lipinski definition) is 1. The van der Waals surface area contributed by atoms with Crippen LogP contribution < -0.4 is 5.32 Å². The van der Waals surface area contributed by atoms with Crippen LogP contribution in [-0.2, 0) is 6.54 Å². The van der Waals surface area contributed by atoms with E-state index in [1.54, 1.807) is 0 Å². The first-order valence-corrected chi connectivity index (χ1v) is 6.91. The number of nitrogens with zero attached hydrogens (tertiary/aromatic N) is 1. The molecule has 0 aliphatic carbocycles. The Balaban J connectivity index is 2.61. The second kappa shape index (κ2) is 7.13. The fourth-order valence-corrected chi connectivity index (χ4v) is 2.24. The summed E-state index contributed by atoms with van der Waals surface area (Å²) in [6.45, 7) is 8.43. The van der Waals surface area contributed by atoms with Crippen molar-refractivity contribution in [2.45, 2.75) is 33.4 Å². The molecule has 0 amide bonds. The zero-order valence-electron chi connectivity index (χ0n) is 12.1. The Morgan fingerprint density at radius 1 is 1.28 bits per heavy atom. The first kappa shape index (κ1) is 15.5. The van der Waals surface area contributed by atoms with Gasteiger partial charge in [0.15, 0.2) is 0 Å². The van der Waals surface area contributed by atoms with Crippen LogP contribution in [0.25, 0.3) is 0 Å². The van der Waals surface area contributed by atoms with Gasteiger partial charge in [0.2, 0.25) is 0 Å². The molecule has 102 valence electrons. The fraction of sp³-hybridized carbons (Fsp3) is 0.600. The number of nitrogens with one attached hydrogen (secondary N) is 1. The average molecular weight is 269 g/mol. The minimum absolute atomic E-state index is 0.484. The molecular formula is C15H25ClN2. The molecule has 3 heteroatoms. The topological polar surface area (TPSA) is 15.3 Å². The van der Waals surface area contributed by atoms with Gasteiger partial charge in [-0.3, -0.25) is 0 Å². The lowest BCUT2D eigenvalue weighted by Gasteiger charge is -2.26. The molecule has 1 N–H and O–H groups in total. The molecule has 0 aliphatic heterocycles. The largest absolute Gasteiger partial charge is 0.308 e. The predicted octanol–water partition coefficient (Wildman–Crippen LogP) is 3.32. The zero-order valence-corrected chi connectivity index (χ0v) is 12.9. The molecule has 0 bridgehead atoms. The number of hydrogen-bond acceptors (Lipinski definition) is 2. The van der Waals surface area contributed by atoms with Crippen LogP contribution in [0.5, 0.6) is 0 Å². The van der Waals surface area contributed by atoms with Crippen molar-refractivity contribution in [1.82, 2.24) is 10.2 Å². The number of likely N-dealkylation sites (N-methyl/N-ethyl adjacent to an activating group) is 1. The molecule has 0 heterocycles. The third-order valence-corrected chi connectivity index (χ3v) is 3.48. The molecule has 1 atom stereocenters. The quantitative estimate of drug-likeness (QED) is 0.851. The van der Waals surface area contributed by atoms with Gasteiger partial charge in [-0.15, -0.1) is 0 Å². The second-order valence-electron chi connectivity index (χ2n) is 5.59. The van der Waals surface area contributed by atoms with Gasteiger partial charge in [-0.2, -0.15) is 0 Å². The van der Waals surface area contributed by atoms with Crippen LogP contribution in [0.3, 0.4) is 0 Å². The Hall–Kier alpha value is -0.570. The van der Waals surface area contributed by atoms with Crippen LogP contribution in [0.1, 0.15) is 25.0 Å². The average Bonchev–Trinajstić information content (AvgIpc) is 2.25. The Morgan fingerprint density at radius 2 is 1.94 bits per heavy atom. The monoisotopic (exact) mass is 268 g/mol. The zero-order chi connectivity index (χ0) is 13.7. The van der Waals surface area contributed by atoms with Crippen molar-refractivity contribution in [2.24, 2.45) is 5.92 Å². The van der Waals surface area contributed by atoms with Crippen molar-refractivity contribution < 1.29 is 0 Å². The Labute approximate surface area is 116 Å². The smallest absolute Gasteiger partial charge is 0.0453 e. The summed E-state index contributed by atoms with van der Waals surface area (Å²) in [5.74, 6) is 0.608. The summed E-state index contributed by atoms with van der Waals surface area (Å²) in [7, 11) is 4.21. The summed E-state index contributed by atoms with van der Waals surface area (Å²) < 4.78 is 0. The highest BCUT2D eigenvalue weighted by Gasteiger charge is 2.14. The highest BCUT2D eigenvalue weighted by atomic mass is 35.5. The minimum Gasteiger partial charge on any atom is -0.308 e. The summed E-state index contributed by atoms with van der Waals surface area (Å²) in [5.41, 5.74) is 2.38. The summed E-state index contributed by atoms with van der Waals surface area (Å²) in [6, 6.07) is 6.73. The van der Waals surface area contributed by atoms with E-state index in [2.05, 4.69) is 57.2 Å². The van der Waals surface area contributed by atoms with E-state index in [4.69, 9.17) is 11.6 Å². The van der Waals surface area contributed by atoms with Gasteiger partial charge in [0, 0.05) is 24.2 Å². The van der Waals surface area contributed by atoms with E-state index in [1.807, 2.05) is 6.07 Å². The van der Waals surface area contributed by atoms with E-state index in [9.17, 15) is 0 Å². The standard InChI is InChI=1S/C15H25ClN2/c1-11(2)15(10-18(4)5)17-9-13-7-6-12(3)8-14(13)16/h6-8,11,15,17H,9-10H2,1-5H3. The normalized spacial score (nSPS) is 13.3. The van der Waals surface area contributed by atoms with Gasteiger partial charge in [-0.25, -0.2) is 0 Å². The van der Waals surface area contributed by atoms with Crippen LogP contribution in [0.4, 0.5) is 0 Å². The molecule has 1 aromatic carbocycles. The number of halogens is 1. The lowest BCUT2D eigenvalue weighted by molar-refractivity contribution is 0.288. The van der Waals surface area contributed by atoms with Crippen LogP contribution in [0.15, 0.2) is 18.2 Å². The first-order chi connectivity index (χ1) is 8.40. The van der Waals surface area contributed by atoms with Gasteiger partial charge < -0.3 is 10.2 Å². The first-order valence-electron chi connectivity index (χ1n) is 6.53. The molecule has 0 fully saturated rings. The molecule has 0 aliphatic rings. The van der Waals surface area contributed by atoms with Crippen molar-refractivity contribution in [1.29, 1.82) is 0 Å². The SMILES string of the molecule is Cc1ccc(CNC(CN(C)C)C(C)C)c(Cl)c1. The van der Waals surface area contributed by atoms with Crippen LogP contribution >= 0.6 is 11.6 Å². The fourth-order valence-electron chi connectivity index (χ4n) is 1.94. The highest BCUT2D eigenvalue weighted by Crippen LogP contribution is 2.17. The van der Waals surface area contributed by atoms with Crippen molar-refractivity contribution in [3.8, 4) is 0 Å². The number of aryl methyl sites for hydroxylation is 1. The van der Waals surface area contributed by atoms with Crippen LogP contribution in [0, 0.1) is 12.8 Å². The Bertz CT molecular complexity index is 375. The van der Waals surface area contributed by atoms with Gasteiger partial charge >= 0.3 is 0 Å². The third-order valence-electron chi connectivity index (χ3n) is 3.13. The lowest BCUT2D eigenvalue weighted by Crippen LogP contribution is -2.41. The third kappa shape index (κ3) is 4.97. The minimum atomic E-state index is 0.484. The molecule has 0 aromatic heterocycles. The summed E-state index contributed by atoms with van der Waals surface area (Å²) >= 11 is 6.25. The molecular weight excluding hydrogens is 244 g/mol. The van der Waals surface area contributed by atoms with Crippen molar-refractivity contribution in [3.05, 3.63) is 34.3 Å². The van der Waals surface area contributed by atoms with Crippen LogP contribution in [-0.4, -0.2) is 31.6 Å². The number of benzene rings is 1.